The minimum absolute atomic E-state index is 0.255. The lowest BCUT2D eigenvalue weighted by atomic mass is 10.3. The smallest absolute Gasteiger partial charge is 0.321 e. The lowest BCUT2D eigenvalue weighted by Gasteiger charge is -2.33. The number of nitrogens with zero attached hydrogens (tertiary/aromatic N) is 2. The number of thiophene rings is 1. The lowest BCUT2D eigenvalue weighted by Crippen LogP contribution is -2.50. The molecule has 0 aliphatic carbocycles. The molecule has 1 saturated heterocycles. The fourth-order valence-electron chi connectivity index (χ4n) is 2.41. The van der Waals surface area contributed by atoms with Crippen molar-refractivity contribution in [3.63, 3.8) is 0 Å². The maximum absolute atomic E-state index is 11.8. The molecule has 0 bridgehead atoms. The van der Waals surface area contributed by atoms with Gasteiger partial charge in [0.05, 0.1) is 13.2 Å². The summed E-state index contributed by atoms with van der Waals surface area (Å²) in [7, 11) is 1.56. The highest BCUT2D eigenvalue weighted by atomic mass is 32.1. The molecular weight excluding hydrogens is 316 g/mol. The van der Waals surface area contributed by atoms with Crippen molar-refractivity contribution in [2.24, 2.45) is 0 Å². The van der Waals surface area contributed by atoms with Gasteiger partial charge in [0.25, 0.3) is 0 Å². The Morgan fingerprint density at radius 3 is 2.65 bits per heavy atom. The summed E-state index contributed by atoms with van der Waals surface area (Å²) in [6.07, 6.45) is 0. The van der Waals surface area contributed by atoms with Crippen molar-refractivity contribution in [1.29, 1.82) is 0 Å². The van der Waals surface area contributed by atoms with E-state index in [2.05, 4.69) is 37.9 Å². The van der Waals surface area contributed by atoms with Gasteiger partial charge in [-0.2, -0.15) is 0 Å². The fraction of sp³-hybridized carbons (Fsp3) is 0.600. The predicted molar refractivity (Wildman–Crippen MR) is 89.5 cm³/mol. The number of carbonyl (C=O) groups excluding carboxylic acids is 2. The third-order valence-corrected chi connectivity index (χ3v) is 4.50. The van der Waals surface area contributed by atoms with Gasteiger partial charge in [0.15, 0.2) is 0 Å². The summed E-state index contributed by atoms with van der Waals surface area (Å²) < 4.78 is 4.83. The Balaban J connectivity index is 1.61. The number of hydrogen-bond donors (Lipinski definition) is 2. The van der Waals surface area contributed by atoms with Crippen LogP contribution in [-0.4, -0.2) is 74.7 Å². The number of carbonyl (C=O) groups is 2. The fourth-order valence-corrected chi connectivity index (χ4v) is 3.15. The van der Waals surface area contributed by atoms with Crippen molar-refractivity contribution in [2.45, 2.75) is 6.54 Å². The largest absolute Gasteiger partial charge is 0.383 e. The zero-order valence-electron chi connectivity index (χ0n) is 13.4. The first-order chi connectivity index (χ1) is 11.2. The molecule has 128 valence electrons. The average Bonchev–Trinajstić information content (AvgIpc) is 3.02. The second-order valence-electron chi connectivity index (χ2n) is 5.43. The number of nitrogens with one attached hydrogen (secondary N) is 2. The number of methoxy groups -OCH3 is 1. The predicted octanol–water partition coefficient (Wildman–Crippen LogP) is 0.338. The van der Waals surface area contributed by atoms with E-state index in [-0.39, 0.29) is 12.5 Å². The highest BCUT2D eigenvalue weighted by Crippen LogP contribution is 2.13. The number of urea groups is 1. The van der Waals surface area contributed by atoms with E-state index in [9.17, 15) is 9.59 Å². The van der Waals surface area contributed by atoms with E-state index in [1.54, 1.807) is 18.4 Å². The topological polar surface area (TPSA) is 73.9 Å². The Bertz CT molecular complexity index is 487. The van der Waals surface area contributed by atoms with Gasteiger partial charge < -0.3 is 10.1 Å². The summed E-state index contributed by atoms with van der Waals surface area (Å²) in [5, 5.41) is 6.99. The van der Waals surface area contributed by atoms with Gasteiger partial charge >= 0.3 is 6.03 Å². The Kier molecular flexibility index (Phi) is 7.47. The lowest BCUT2D eigenvalue weighted by molar-refractivity contribution is -0.121. The summed E-state index contributed by atoms with van der Waals surface area (Å²) in [4.78, 5) is 29.1. The number of ether oxygens (including phenoxy) is 1. The molecule has 0 atom stereocenters. The standard InChI is InChI=1S/C15H24N4O3S/c1-22-9-4-16-15(21)17-14(20)12-19-7-5-18(6-8-19)11-13-3-2-10-23-13/h2-3,10H,4-9,11-12H2,1H3,(H2,16,17,20,21). The first kappa shape index (κ1) is 17.9. The second kappa shape index (κ2) is 9.61. The van der Waals surface area contributed by atoms with E-state index in [0.717, 1.165) is 32.7 Å². The van der Waals surface area contributed by atoms with Crippen molar-refractivity contribution < 1.29 is 14.3 Å². The monoisotopic (exact) mass is 340 g/mol. The van der Waals surface area contributed by atoms with Crippen molar-refractivity contribution in [3.8, 4) is 0 Å². The van der Waals surface area contributed by atoms with Gasteiger partial charge in [-0.3, -0.25) is 19.9 Å². The van der Waals surface area contributed by atoms with Crippen LogP contribution in [-0.2, 0) is 16.1 Å². The maximum atomic E-state index is 11.8. The summed E-state index contributed by atoms with van der Waals surface area (Å²) in [5.74, 6) is -0.272. The summed E-state index contributed by atoms with van der Waals surface area (Å²) >= 11 is 1.77. The van der Waals surface area contributed by atoms with Gasteiger partial charge in [-0.1, -0.05) is 6.07 Å². The van der Waals surface area contributed by atoms with Gasteiger partial charge in [0.2, 0.25) is 5.91 Å². The van der Waals surface area contributed by atoms with Gasteiger partial charge in [-0.25, -0.2) is 4.79 Å². The van der Waals surface area contributed by atoms with Crippen LogP contribution in [0.1, 0.15) is 4.88 Å². The highest BCUT2D eigenvalue weighted by Gasteiger charge is 2.19. The van der Waals surface area contributed by atoms with Crippen LogP contribution in [0.2, 0.25) is 0 Å². The van der Waals surface area contributed by atoms with Crippen LogP contribution in [0.3, 0.4) is 0 Å². The Labute approximate surface area is 140 Å². The van der Waals surface area contributed by atoms with Crippen LogP contribution in [0.4, 0.5) is 4.79 Å². The molecule has 0 saturated carbocycles. The Hall–Kier alpha value is -1.48. The molecule has 1 aliphatic heterocycles. The van der Waals surface area contributed by atoms with Gasteiger partial charge in [-0.05, 0) is 11.4 Å². The molecule has 1 aliphatic rings. The van der Waals surface area contributed by atoms with Gasteiger partial charge in [-0.15, -0.1) is 11.3 Å². The summed E-state index contributed by atoms with van der Waals surface area (Å²) in [6.45, 7) is 5.58. The molecule has 2 rings (SSSR count). The zero-order chi connectivity index (χ0) is 16.5. The van der Waals surface area contributed by atoms with Crippen molar-refractivity contribution in [2.75, 3.05) is 53.0 Å². The number of imide groups is 1. The van der Waals surface area contributed by atoms with E-state index in [1.807, 2.05) is 0 Å². The minimum Gasteiger partial charge on any atom is -0.383 e. The molecular formula is C15H24N4O3S. The molecule has 8 heteroatoms. The highest BCUT2D eigenvalue weighted by molar-refractivity contribution is 7.09. The second-order valence-corrected chi connectivity index (χ2v) is 6.46. The number of hydrogen-bond acceptors (Lipinski definition) is 6. The molecule has 0 spiro atoms. The van der Waals surface area contributed by atoms with Crippen LogP contribution in [0.15, 0.2) is 17.5 Å². The molecule has 0 radical (unpaired) electrons. The Morgan fingerprint density at radius 1 is 1.26 bits per heavy atom. The summed E-state index contributed by atoms with van der Waals surface area (Å²) in [5.41, 5.74) is 0. The molecule has 2 N–H and O–H groups in total. The molecule has 0 unspecified atom stereocenters. The maximum Gasteiger partial charge on any atom is 0.321 e. The van der Waals surface area contributed by atoms with E-state index in [4.69, 9.17) is 4.74 Å². The van der Waals surface area contributed by atoms with Crippen molar-refractivity contribution in [1.82, 2.24) is 20.4 Å². The van der Waals surface area contributed by atoms with Crippen molar-refractivity contribution >= 4 is 23.3 Å². The van der Waals surface area contributed by atoms with Gasteiger partial charge in [0, 0.05) is 51.3 Å². The molecule has 0 aromatic carbocycles. The molecule has 7 nitrogen and oxygen atoms in total. The van der Waals surface area contributed by atoms with Crippen LogP contribution < -0.4 is 10.6 Å². The molecule has 1 aromatic heterocycles. The molecule has 2 heterocycles. The molecule has 23 heavy (non-hydrogen) atoms. The zero-order valence-corrected chi connectivity index (χ0v) is 14.2. The van der Waals surface area contributed by atoms with E-state index in [0.29, 0.717) is 13.2 Å². The third-order valence-electron chi connectivity index (χ3n) is 3.64. The third kappa shape index (κ3) is 6.66. The molecule has 1 fully saturated rings. The van der Waals surface area contributed by atoms with E-state index in [1.165, 1.54) is 4.88 Å². The van der Waals surface area contributed by atoms with E-state index < -0.39 is 6.03 Å². The van der Waals surface area contributed by atoms with E-state index >= 15 is 0 Å². The van der Waals surface area contributed by atoms with Crippen molar-refractivity contribution in [3.05, 3.63) is 22.4 Å². The van der Waals surface area contributed by atoms with Crippen LogP contribution in [0, 0.1) is 0 Å². The minimum atomic E-state index is -0.469. The quantitative estimate of drug-likeness (QED) is 0.700. The molecule has 1 aromatic rings. The average molecular weight is 340 g/mol. The number of piperazine rings is 1. The summed E-state index contributed by atoms with van der Waals surface area (Å²) in [6, 6.07) is 3.74. The molecule has 3 amide bonds. The SMILES string of the molecule is COCCNC(=O)NC(=O)CN1CCN(Cc2cccs2)CC1. The van der Waals surface area contributed by atoms with Crippen LogP contribution in [0.25, 0.3) is 0 Å². The number of amides is 3. The van der Waals surface area contributed by atoms with Gasteiger partial charge in [0.1, 0.15) is 0 Å². The normalized spacial score (nSPS) is 16.2. The number of rotatable bonds is 7. The Morgan fingerprint density at radius 2 is 2.00 bits per heavy atom. The van der Waals surface area contributed by atoms with Crippen LogP contribution >= 0.6 is 11.3 Å². The first-order valence-electron chi connectivity index (χ1n) is 7.71. The first-order valence-corrected chi connectivity index (χ1v) is 8.59. The van der Waals surface area contributed by atoms with Crippen LogP contribution in [0.5, 0.6) is 0 Å².